The normalized spacial score (nSPS) is 27.7. The van der Waals surface area contributed by atoms with Gasteiger partial charge < -0.3 is 9.84 Å². The highest BCUT2D eigenvalue weighted by Crippen LogP contribution is 2.63. The van der Waals surface area contributed by atoms with Gasteiger partial charge in [-0.15, -0.1) is 0 Å². The number of halogens is 5. The molecule has 0 bridgehead atoms. The molecule has 4 aliphatic carbocycles. The number of carbonyl (C=O) groups is 2. The third-order valence-electron chi connectivity index (χ3n) is 10.3. The Kier molecular flexibility index (Phi) is 9.47. The molecule has 5 atom stereocenters. The number of hydrogen-bond donors (Lipinski definition) is 1. The van der Waals surface area contributed by atoms with Crippen molar-refractivity contribution in [1.82, 2.24) is 0 Å². The van der Waals surface area contributed by atoms with Gasteiger partial charge in [-0.3, -0.25) is 4.79 Å². The summed E-state index contributed by atoms with van der Waals surface area (Å²) in [5.41, 5.74) is 8.24. The minimum absolute atomic E-state index is 0.0555. The number of aliphatic hydroxyl groups is 1. The zero-order chi connectivity index (χ0) is 33.4. The Morgan fingerprint density at radius 3 is 2.07 bits per heavy atom. The molecule has 4 aliphatic rings. The lowest BCUT2D eigenvalue weighted by Crippen LogP contribution is -2.45. The van der Waals surface area contributed by atoms with Crippen LogP contribution in [0.25, 0.3) is 12.2 Å². The van der Waals surface area contributed by atoms with E-state index in [0.29, 0.717) is 23.8 Å². The number of ketones is 1. The molecule has 246 valence electrons. The highest BCUT2D eigenvalue weighted by Gasteiger charge is 2.56. The molecule has 6 rings (SSSR count). The first-order valence-electron chi connectivity index (χ1n) is 15.7. The van der Waals surface area contributed by atoms with Gasteiger partial charge in [-0.05, 0) is 102 Å². The second kappa shape index (κ2) is 12.9. The largest absolute Gasteiger partial charge is 0.465 e. The molecular weight excluding hydrogens is 603 g/mol. The Balaban J connectivity index is 0.000000463. The first-order valence-corrected chi connectivity index (χ1v) is 15.7. The first-order chi connectivity index (χ1) is 21.6. The van der Waals surface area contributed by atoms with Crippen molar-refractivity contribution in [3.8, 4) is 0 Å². The number of fused-ring (bicyclic) bond motifs is 4. The van der Waals surface area contributed by atoms with Crippen LogP contribution in [-0.2, 0) is 9.53 Å². The second-order valence-electron chi connectivity index (χ2n) is 13.2. The highest BCUT2D eigenvalue weighted by molar-refractivity contribution is 5.93. The van der Waals surface area contributed by atoms with Crippen LogP contribution in [0.5, 0.6) is 0 Å². The highest BCUT2D eigenvalue weighted by atomic mass is 19.4. The number of ether oxygens (including phenoxy) is 1. The van der Waals surface area contributed by atoms with Crippen molar-refractivity contribution in [2.24, 2.45) is 17.3 Å². The average Bonchev–Trinajstić information content (AvgIpc) is 3.32. The molecule has 0 heterocycles. The standard InChI is InChI=1S/C34H36O4.C3H3F5/c1-34-20-29(23-9-5-21(6-10-23)3-4-22-7-11-24(12-8-22)33(37)38-2)32-27-16-14-26(35)19-25(27)13-15-28(32)30(34)17-18-31(34)36;1-2(4,5)3(6,7)8/h3-12,19,28-31,36H,13-18,20H2,1-2H3;1H3/b4-3+;/t28?,29-,30?,31+,34+;/m1./s1. The monoisotopic (exact) mass is 642 g/mol. The SMILES string of the molecule is CC(F)(F)C(F)(F)F.COC(=O)c1ccc(/C=C/c2ccc([C@H]3C[C@@]4(C)C(CC[C@@H]4O)C4CCC5=CC(=O)CCC5=C43)cc2)cc1. The molecule has 9 heteroatoms. The maximum atomic E-state index is 12.2. The number of rotatable bonds is 4. The van der Waals surface area contributed by atoms with Crippen molar-refractivity contribution >= 4 is 23.9 Å². The summed E-state index contributed by atoms with van der Waals surface area (Å²) in [5.74, 6) is -3.31. The van der Waals surface area contributed by atoms with Crippen molar-refractivity contribution in [3.05, 3.63) is 93.6 Å². The average molecular weight is 643 g/mol. The molecule has 2 aromatic carbocycles. The van der Waals surface area contributed by atoms with E-state index in [1.807, 2.05) is 18.2 Å². The van der Waals surface area contributed by atoms with E-state index in [4.69, 9.17) is 4.74 Å². The lowest BCUT2D eigenvalue weighted by Gasteiger charge is -2.52. The third-order valence-corrected chi connectivity index (χ3v) is 10.3. The van der Waals surface area contributed by atoms with E-state index in [1.165, 1.54) is 23.8 Å². The third kappa shape index (κ3) is 6.75. The molecule has 46 heavy (non-hydrogen) atoms. The van der Waals surface area contributed by atoms with Gasteiger partial charge in [0, 0.05) is 19.3 Å². The van der Waals surface area contributed by atoms with E-state index in [2.05, 4.69) is 43.3 Å². The van der Waals surface area contributed by atoms with Gasteiger partial charge >= 0.3 is 18.1 Å². The topological polar surface area (TPSA) is 63.6 Å². The van der Waals surface area contributed by atoms with Gasteiger partial charge in [-0.2, -0.15) is 22.0 Å². The van der Waals surface area contributed by atoms with E-state index in [9.17, 15) is 36.6 Å². The van der Waals surface area contributed by atoms with Crippen molar-refractivity contribution in [2.45, 2.75) is 82.9 Å². The lowest BCUT2D eigenvalue weighted by molar-refractivity contribution is -0.273. The molecule has 0 radical (unpaired) electrons. The molecule has 0 spiro atoms. The molecule has 1 N–H and O–H groups in total. The summed E-state index contributed by atoms with van der Waals surface area (Å²) in [4.78, 5) is 23.9. The van der Waals surface area contributed by atoms with E-state index >= 15 is 0 Å². The van der Waals surface area contributed by atoms with E-state index in [-0.39, 0.29) is 36.1 Å². The number of alkyl halides is 5. The Bertz CT molecular complexity index is 1530. The fourth-order valence-electron chi connectivity index (χ4n) is 7.81. The van der Waals surface area contributed by atoms with Gasteiger partial charge in [0.1, 0.15) is 0 Å². The number of allylic oxidation sites excluding steroid dienone is 4. The van der Waals surface area contributed by atoms with Gasteiger partial charge in [0.25, 0.3) is 0 Å². The molecule has 2 unspecified atom stereocenters. The summed E-state index contributed by atoms with van der Waals surface area (Å²) >= 11 is 0. The zero-order valence-electron chi connectivity index (χ0n) is 26.2. The van der Waals surface area contributed by atoms with Crippen LogP contribution in [0.1, 0.15) is 91.8 Å². The summed E-state index contributed by atoms with van der Waals surface area (Å²) in [5, 5.41) is 11.1. The van der Waals surface area contributed by atoms with E-state index < -0.39 is 12.1 Å². The number of esters is 1. The van der Waals surface area contributed by atoms with Crippen LogP contribution in [0.3, 0.4) is 0 Å². The van der Waals surface area contributed by atoms with Crippen molar-refractivity contribution in [2.75, 3.05) is 7.11 Å². The number of benzene rings is 2. The molecule has 2 saturated carbocycles. The van der Waals surface area contributed by atoms with E-state index in [1.54, 1.807) is 17.7 Å². The number of methoxy groups -OCH3 is 1. The van der Waals surface area contributed by atoms with E-state index in [0.717, 1.165) is 49.7 Å². The smallest absolute Gasteiger partial charge is 0.452 e. The van der Waals surface area contributed by atoms with Gasteiger partial charge in [0.05, 0.1) is 18.8 Å². The second-order valence-corrected chi connectivity index (χ2v) is 13.2. The zero-order valence-corrected chi connectivity index (χ0v) is 26.2. The summed E-state index contributed by atoms with van der Waals surface area (Å²) in [6.07, 6.45) is 6.99. The molecule has 0 aromatic heterocycles. The van der Waals surface area contributed by atoms with Gasteiger partial charge in [0.2, 0.25) is 0 Å². The summed E-state index contributed by atoms with van der Waals surface area (Å²) in [7, 11) is 1.39. The predicted octanol–water partition coefficient (Wildman–Crippen LogP) is 9.11. The van der Waals surface area contributed by atoms with Crippen LogP contribution in [0.4, 0.5) is 22.0 Å². The number of carbonyl (C=O) groups excluding carboxylic acids is 2. The Hall–Kier alpha value is -3.59. The number of aliphatic hydroxyl groups excluding tert-OH is 1. The Labute approximate surface area is 266 Å². The van der Waals surface area contributed by atoms with Crippen molar-refractivity contribution in [1.29, 1.82) is 0 Å². The summed E-state index contributed by atoms with van der Waals surface area (Å²) in [6.45, 7) is 2.13. The van der Waals surface area contributed by atoms with Crippen LogP contribution in [0.2, 0.25) is 0 Å². The van der Waals surface area contributed by atoms with Crippen LogP contribution < -0.4 is 0 Å². The first kappa shape index (κ1) is 33.8. The maximum Gasteiger partial charge on any atom is 0.452 e. The number of hydrogen-bond acceptors (Lipinski definition) is 4. The maximum absolute atomic E-state index is 12.2. The van der Waals surface area contributed by atoms with Crippen molar-refractivity contribution in [3.63, 3.8) is 0 Å². The van der Waals surface area contributed by atoms with Crippen LogP contribution in [0.15, 0.2) is 71.3 Å². The van der Waals surface area contributed by atoms with Crippen LogP contribution in [0, 0.1) is 17.3 Å². The fraction of sp³-hybridized carbons (Fsp3) is 0.459. The molecule has 2 fully saturated rings. The summed E-state index contributed by atoms with van der Waals surface area (Å²) < 4.78 is 59.4. The minimum Gasteiger partial charge on any atom is -0.465 e. The van der Waals surface area contributed by atoms with Crippen LogP contribution >= 0.6 is 0 Å². The fourth-order valence-corrected chi connectivity index (χ4v) is 7.81. The van der Waals surface area contributed by atoms with Gasteiger partial charge in [-0.1, -0.05) is 61.0 Å². The minimum atomic E-state index is -5.40. The van der Waals surface area contributed by atoms with Crippen molar-refractivity contribution < 1.29 is 41.4 Å². The lowest BCUT2D eigenvalue weighted by atomic mass is 9.53. The quantitative estimate of drug-likeness (QED) is 0.205. The van der Waals surface area contributed by atoms with Gasteiger partial charge in [-0.25, -0.2) is 4.79 Å². The Morgan fingerprint density at radius 2 is 1.50 bits per heavy atom. The molecule has 4 nitrogen and oxygen atoms in total. The molecule has 2 aromatic rings. The predicted molar refractivity (Wildman–Crippen MR) is 166 cm³/mol. The summed E-state index contributed by atoms with van der Waals surface area (Å²) in [6, 6.07) is 16.3. The van der Waals surface area contributed by atoms with Crippen LogP contribution in [-0.4, -0.2) is 42.2 Å². The Morgan fingerprint density at radius 1 is 0.913 bits per heavy atom. The molecular formula is C37H39F5O4. The molecule has 0 aliphatic heterocycles. The molecule has 0 amide bonds. The molecule has 0 saturated heterocycles. The van der Waals surface area contributed by atoms with Gasteiger partial charge in [0.15, 0.2) is 5.78 Å².